The molecule has 0 spiro atoms. The number of hydrogen-bond acceptors (Lipinski definition) is 7. The summed E-state index contributed by atoms with van der Waals surface area (Å²) in [6.45, 7) is 7.67. The van der Waals surface area contributed by atoms with Gasteiger partial charge in [-0.15, -0.1) is 0 Å². The molecule has 9 nitrogen and oxygen atoms in total. The highest BCUT2D eigenvalue weighted by Gasteiger charge is 2.31. The van der Waals surface area contributed by atoms with Crippen molar-refractivity contribution in [2.45, 2.75) is 37.6 Å². The lowest BCUT2D eigenvalue weighted by Crippen LogP contribution is -2.55. The van der Waals surface area contributed by atoms with Crippen molar-refractivity contribution in [3.8, 4) is 0 Å². The molecule has 0 aliphatic carbocycles. The normalized spacial score (nSPS) is 16.8. The minimum absolute atomic E-state index is 0. The van der Waals surface area contributed by atoms with Crippen LogP contribution in [0.1, 0.15) is 28.7 Å². The van der Waals surface area contributed by atoms with E-state index in [-0.39, 0.29) is 19.7 Å². The third kappa shape index (κ3) is 7.11. The van der Waals surface area contributed by atoms with Crippen LogP contribution in [0.25, 0.3) is 0 Å². The molecule has 0 bridgehead atoms. The van der Waals surface area contributed by atoms with Gasteiger partial charge in [-0.3, -0.25) is 9.00 Å². The summed E-state index contributed by atoms with van der Waals surface area (Å²) in [6, 6.07) is 12.6. The molecule has 2 heterocycles. The van der Waals surface area contributed by atoms with Gasteiger partial charge in [0.25, 0.3) is 0 Å². The maximum atomic E-state index is 13.2. The van der Waals surface area contributed by atoms with E-state index < -0.39 is 17.2 Å². The summed E-state index contributed by atoms with van der Waals surface area (Å²) in [5.74, 6) is 0.148. The molecule has 2 aliphatic heterocycles. The first-order valence-electron chi connectivity index (χ1n) is 11.9. The fraction of sp³-hybridized carbons (Fsp3) is 0.440. The number of hydrogen-bond donors (Lipinski definition) is 1. The summed E-state index contributed by atoms with van der Waals surface area (Å²) in [7, 11) is 0. The van der Waals surface area contributed by atoms with E-state index in [0.29, 0.717) is 19.7 Å². The zero-order chi connectivity index (χ0) is 26.2. The minimum atomic E-state index is -2.21. The molecule has 36 heavy (non-hydrogen) atoms. The second-order valence-corrected chi connectivity index (χ2v) is 9.92. The van der Waals surface area contributed by atoms with Gasteiger partial charge in [0.15, 0.2) is 0 Å². The van der Waals surface area contributed by atoms with Crippen LogP contribution in [0.5, 0.6) is 0 Å². The first kappa shape index (κ1) is 27.8. The molecular weight excluding hydrogens is 504 g/mol. The molecule has 200 valence electrons. The van der Waals surface area contributed by atoms with Gasteiger partial charge in [-0.1, -0.05) is 11.6 Å². The zero-order valence-electron chi connectivity index (χ0n) is 20.5. The Hall–Kier alpha value is -2.82. The van der Waals surface area contributed by atoms with Gasteiger partial charge in [0, 0.05) is 56.9 Å². The predicted octanol–water partition coefficient (Wildman–Crippen LogP) is 3.66. The molecule has 11 heteroatoms. The van der Waals surface area contributed by atoms with Gasteiger partial charge >= 0.3 is 6.09 Å². The van der Waals surface area contributed by atoms with Crippen LogP contribution in [0.4, 0.5) is 16.2 Å². The lowest BCUT2D eigenvalue weighted by atomic mass is 10.00. The van der Waals surface area contributed by atoms with Gasteiger partial charge in [-0.2, -0.15) is 0 Å². The lowest BCUT2D eigenvalue weighted by molar-refractivity contribution is -0.132. The van der Waals surface area contributed by atoms with E-state index in [2.05, 4.69) is 20.3 Å². The molecule has 2 N–H and O–H groups in total. The Kier molecular flexibility index (Phi) is 9.98. The first-order chi connectivity index (χ1) is 17.2. The van der Waals surface area contributed by atoms with Crippen LogP contribution in [0.15, 0.2) is 47.4 Å². The second-order valence-electron chi connectivity index (χ2n) is 8.54. The van der Waals surface area contributed by atoms with Gasteiger partial charge in [0.1, 0.15) is 6.04 Å². The molecule has 0 aromatic heterocycles. The number of benzene rings is 2. The highest BCUT2D eigenvalue weighted by atomic mass is 35.5. The molecule has 1 fully saturated rings. The topological polar surface area (TPSA) is 119 Å². The number of piperazine rings is 1. The molecule has 1 unspecified atom stereocenters. The molecule has 0 saturated carbocycles. The van der Waals surface area contributed by atoms with Gasteiger partial charge in [0.2, 0.25) is 5.91 Å². The fourth-order valence-electron chi connectivity index (χ4n) is 4.49. The highest BCUT2D eigenvalue weighted by molar-refractivity contribution is 7.79. The van der Waals surface area contributed by atoms with E-state index in [4.69, 9.17) is 11.6 Å². The average Bonchev–Trinajstić information content (AvgIpc) is 2.87. The van der Waals surface area contributed by atoms with E-state index in [1.54, 1.807) is 19.1 Å². The SMILES string of the molecule is CCOC(N)=O.C[C@H](C(=O)N1CCN(c2ccc(S(=O)[O-])cc2)CC1)N1CCCc2cc(Cl)ccc21.[HH].[HH]. The number of fused-ring (bicyclic) bond motifs is 1. The number of carbonyl (C=O) groups excluding carboxylic acids is 2. The maximum absolute atomic E-state index is 13.2. The Morgan fingerprint density at radius 2 is 1.81 bits per heavy atom. The summed E-state index contributed by atoms with van der Waals surface area (Å²) in [6.07, 6.45) is 1.30. The summed E-state index contributed by atoms with van der Waals surface area (Å²) in [4.78, 5) is 29.4. The number of nitrogens with two attached hydrogens (primary N) is 1. The molecule has 1 saturated heterocycles. The van der Waals surface area contributed by atoms with Crippen LogP contribution in [0.3, 0.4) is 0 Å². The summed E-state index contributed by atoms with van der Waals surface area (Å²) in [5.41, 5.74) is 7.84. The van der Waals surface area contributed by atoms with Crippen molar-refractivity contribution in [3.63, 3.8) is 0 Å². The van der Waals surface area contributed by atoms with Gasteiger partial charge < -0.3 is 29.7 Å². The predicted molar refractivity (Wildman–Crippen MR) is 144 cm³/mol. The number of primary amides is 1. The van der Waals surface area contributed by atoms with Crippen LogP contribution < -0.4 is 15.5 Å². The van der Waals surface area contributed by atoms with Crippen molar-refractivity contribution in [2.24, 2.45) is 5.73 Å². The Morgan fingerprint density at radius 1 is 1.14 bits per heavy atom. The first-order valence-corrected chi connectivity index (χ1v) is 13.4. The van der Waals surface area contributed by atoms with Crippen molar-refractivity contribution in [1.82, 2.24) is 4.90 Å². The van der Waals surface area contributed by atoms with Crippen LogP contribution in [0, 0.1) is 0 Å². The second kappa shape index (κ2) is 12.9. The van der Waals surface area contributed by atoms with Gasteiger partial charge in [-0.25, -0.2) is 4.79 Å². The van der Waals surface area contributed by atoms with Crippen molar-refractivity contribution < 1.29 is 25.9 Å². The number of ether oxygens (including phenoxy) is 1. The number of anilines is 2. The molecule has 2 aromatic carbocycles. The number of amides is 2. The molecule has 4 rings (SSSR count). The van der Waals surface area contributed by atoms with Gasteiger partial charge in [0.05, 0.1) is 6.61 Å². The smallest absolute Gasteiger partial charge is 0.404 e. The molecule has 2 atom stereocenters. The van der Waals surface area contributed by atoms with Crippen LogP contribution in [-0.4, -0.2) is 71.0 Å². The molecule has 0 radical (unpaired) electrons. The van der Waals surface area contributed by atoms with E-state index in [0.717, 1.165) is 48.9 Å². The van der Waals surface area contributed by atoms with Crippen molar-refractivity contribution in [2.75, 3.05) is 49.1 Å². The van der Waals surface area contributed by atoms with Crippen LogP contribution in [0.2, 0.25) is 5.02 Å². The van der Waals surface area contributed by atoms with Gasteiger partial charge in [-0.05, 0) is 85.8 Å². The number of nitrogens with zero attached hydrogens (tertiary/aromatic N) is 3. The summed E-state index contributed by atoms with van der Waals surface area (Å²) < 4.78 is 26.2. The van der Waals surface area contributed by atoms with Crippen molar-refractivity contribution in [3.05, 3.63) is 53.1 Å². The van der Waals surface area contributed by atoms with E-state index in [9.17, 15) is 18.4 Å². The number of aryl methyl sites for hydroxylation is 1. The maximum Gasteiger partial charge on any atom is 0.404 e. The Labute approximate surface area is 222 Å². The standard InChI is InChI=1S/C22H26ClN3O3S.C3H7NO2.2H2/c1-16(26-10-2-3-17-15-18(23)4-9-21(17)26)22(27)25-13-11-24(12-14-25)19-5-7-20(8-6-19)30(28)29;1-2-6-3(4)5;;/h4-9,15-16H,2-3,10-14H2,1H3,(H,28,29);2H2,1H3,(H2,4,5);2*1H/p-1/t16-;;;/m1.../s1. The van der Waals surface area contributed by atoms with Crippen LogP contribution >= 0.6 is 11.6 Å². The number of carbonyl (C=O) groups is 2. The molecular formula is C25H36ClN4O5S-. The number of rotatable bonds is 5. The quantitative estimate of drug-likeness (QED) is 0.576. The monoisotopic (exact) mass is 539 g/mol. The van der Waals surface area contributed by atoms with Crippen molar-refractivity contribution in [1.29, 1.82) is 0 Å². The van der Waals surface area contributed by atoms with Crippen LogP contribution in [-0.2, 0) is 27.0 Å². The minimum Gasteiger partial charge on any atom is -0.768 e. The Bertz CT molecular complexity index is 1090. The lowest BCUT2D eigenvalue weighted by Gasteiger charge is -2.41. The highest BCUT2D eigenvalue weighted by Crippen LogP contribution is 2.31. The zero-order valence-corrected chi connectivity index (χ0v) is 22.1. The Balaban J connectivity index is 0.000000813. The summed E-state index contributed by atoms with van der Waals surface area (Å²) >= 11 is 3.93. The molecule has 2 aliphatic rings. The molecule has 2 aromatic rings. The fourth-order valence-corrected chi connectivity index (χ4v) is 5.04. The van der Waals surface area contributed by atoms with E-state index >= 15 is 0 Å². The average molecular weight is 540 g/mol. The largest absolute Gasteiger partial charge is 0.768 e. The third-order valence-corrected chi connectivity index (χ3v) is 7.19. The van der Waals surface area contributed by atoms with Crippen molar-refractivity contribution >= 4 is 46.1 Å². The molecule has 2 amide bonds. The summed E-state index contributed by atoms with van der Waals surface area (Å²) in [5, 5.41) is 0.736. The Morgan fingerprint density at radius 3 is 2.36 bits per heavy atom. The third-order valence-electron chi connectivity index (χ3n) is 6.29. The van der Waals surface area contributed by atoms with E-state index in [1.165, 1.54) is 5.56 Å². The van der Waals surface area contributed by atoms with E-state index in [1.807, 2.05) is 42.2 Å². The number of halogens is 1.